The number of benzene rings is 1. The topological polar surface area (TPSA) is 59.4 Å². The Morgan fingerprint density at radius 3 is 2.85 bits per heavy atom. The minimum absolute atomic E-state index is 0.0241. The molecule has 0 fully saturated rings. The van der Waals surface area contributed by atoms with Crippen molar-refractivity contribution in [2.75, 3.05) is 0 Å². The summed E-state index contributed by atoms with van der Waals surface area (Å²) in [6.45, 7) is 2.10. The Bertz CT molecular complexity index is 635. The van der Waals surface area contributed by atoms with Crippen LogP contribution in [-0.2, 0) is 6.61 Å². The van der Waals surface area contributed by atoms with E-state index >= 15 is 0 Å². The lowest BCUT2D eigenvalue weighted by molar-refractivity contribution is 0.0687. The van der Waals surface area contributed by atoms with Crippen molar-refractivity contribution in [1.29, 1.82) is 0 Å². The van der Waals surface area contributed by atoms with E-state index in [1.165, 1.54) is 6.20 Å². The number of ether oxygens (including phenoxy) is 1. The highest BCUT2D eigenvalue weighted by Gasteiger charge is 2.11. The second-order valence-electron chi connectivity index (χ2n) is 4.14. The SMILES string of the molecule is CC=Cc1ccccc1OCc1cccnc1C(=O)O. The minimum Gasteiger partial charge on any atom is -0.488 e. The highest BCUT2D eigenvalue weighted by atomic mass is 16.5. The summed E-state index contributed by atoms with van der Waals surface area (Å²) in [5, 5.41) is 9.07. The molecular weight excluding hydrogens is 254 g/mol. The molecule has 1 heterocycles. The van der Waals surface area contributed by atoms with Crippen LogP contribution in [0.4, 0.5) is 0 Å². The van der Waals surface area contributed by atoms with E-state index in [-0.39, 0.29) is 12.3 Å². The lowest BCUT2D eigenvalue weighted by atomic mass is 10.2. The van der Waals surface area contributed by atoms with E-state index in [4.69, 9.17) is 9.84 Å². The number of nitrogens with zero attached hydrogens (tertiary/aromatic N) is 1. The Hall–Kier alpha value is -2.62. The van der Waals surface area contributed by atoms with E-state index in [0.717, 1.165) is 5.56 Å². The smallest absolute Gasteiger partial charge is 0.354 e. The number of rotatable bonds is 5. The van der Waals surface area contributed by atoms with Crippen LogP contribution in [0.15, 0.2) is 48.7 Å². The number of carbonyl (C=O) groups is 1. The molecule has 4 heteroatoms. The molecule has 0 unspecified atom stereocenters. The van der Waals surface area contributed by atoms with E-state index < -0.39 is 5.97 Å². The molecule has 0 amide bonds. The lowest BCUT2D eigenvalue weighted by Crippen LogP contribution is -2.08. The maximum absolute atomic E-state index is 11.1. The number of aromatic nitrogens is 1. The zero-order chi connectivity index (χ0) is 14.4. The molecule has 4 nitrogen and oxygen atoms in total. The zero-order valence-corrected chi connectivity index (χ0v) is 11.1. The Morgan fingerprint density at radius 1 is 1.30 bits per heavy atom. The molecule has 1 aromatic heterocycles. The summed E-state index contributed by atoms with van der Waals surface area (Å²) in [4.78, 5) is 14.9. The van der Waals surface area contributed by atoms with Gasteiger partial charge in [-0.05, 0) is 19.1 Å². The Kier molecular flexibility index (Phi) is 4.50. The largest absolute Gasteiger partial charge is 0.488 e. The molecule has 0 spiro atoms. The van der Waals surface area contributed by atoms with Crippen molar-refractivity contribution in [2.45, 2.75) is 13.5 Å². The van der Waals surface area contributed by atoms with Crippen LogP contribution in [0.5, 0.6) is 5.75 Å². The van der Waals surface area contributed by atoms with Gasteiger partial charge in [0.05, 0.1) is 0 Å². The number of para-hydroxylation sites is 1. The van der Waals surface area contributed by atoms with Crippen molar-refractivity contribution < 1.29 is 14.6 Å². The molecule has 102 valence electrons. The Balaban J connectivity index is 2.19. The van der Waals surface area contributed by atoms with Crippen LogP contribution in [0.1, 0.15) is 28.5 Å². The minimum atomic E-state index is -1.05. The second kappa shape index (κ2) is 6.52. The quantitative estimate of drug-likeness (QED) is 0.903. The third kappa shape index (κ3) is 3.23. The normalized spacial score (nSPS) is 10.7. The molecule has 0 aliphatic carbocycles. The monoisotopic (exact) mass is 269 g/mol. The van der Waals surface area contributed by atoms with Crippen molar-refractivity contribution in [1.82, 2.24) is 4.98 Å². The van der Waals surface area contributed by atoms with Crippen LogP contribution in [0.25, 0.3) is 6.08 Å². The molecule has 0 atom stereocenters. The van der Waals surface area contributed by atoms with Crippen LogP contribution in [0, 0.1) is 0 Å². The van der Waals surface area contributed by atoms with Crippen LogP contribution < -0.4 is 4.74 Å². The molecule has 0 bridgehead atoms. The average Bonchev–Trinajstić information content (AvgIpc) is 2.47. The predicted molar refractivity (Wildman–Crippen MR) is 76.7 cm³/mol. The summed E-state index contributed by atoms with van der Waals surface area (Å²) in [7, 11) is 0. The molecule has 0 saturated heterocycles. The zero-order valence-electron chi connectivity index (χ0n) is 11.1. The predicted octanol–water partition coefficient (Wildman–Crippen LogP) is 3.39. The first-order valence-electron chi connectivity index (χ1n) is 6.24. The molecule has 2 aromatic rings. The molecule has 1 aromatic carbocycles. The van der Waals surface area contributed by atoms with E-state index in [2.05, 4.69) is 4.98 Å². The van der Waals surface area contributed by atoms with Gasteiger partial charge in [-0.2, -0.15) is 0 Å². The number of hydrogen-bond donors (Lipinski definition) is 1. The van der Waals surface area contributed by atoms with Crippen molar-refractivity contribution in [2.24, 2.45) is 0 Å². The van der Waals surface area contributed by atoms with Gasteiger partial charge < -0.3 is 9.84 Å². The molecule has 2 rings (SSSR count). The number of hydrogen-bond acceptors (Lipinski definition) is 3. The fraction of sp³-hybridized carbons (Fsp3) is 0.125. The van der Waals surface area contributed by atoms with E-state index in [1.807, 2.05) is 43.3 Å². The van der Waals surface area contributed by atoms with Gasteiger partial charge in [-0.1, -0.05) is 36.4 Å². The maximum Gasteiger partial charge on any atom is 0.354 e. The number of carboxylic acids is 1. The third-order valence-electron chi connectivity index (χ3n) is 2.74. The van der Waals surface area contributed by atoms with Gasteiger partial charge >= 0.3 is 5.97 Å². The molecule has 1 N–H and O–H groups in total. The van der Waals surface area contributed by atoms with Gasteiger partial charge in [-0.15, -0.1) is 0 Å². The standard InChI is InChI=1S/C16H15NO3/c1-2-6-12-7-3-4-9-14(12)20-11-13-8-5-10-17-15(13)16(18)19/h2-10H,11H2,1H3,(H,18,19). The molecule has 0 aliphatic rings. The summed E-state index contributed by atoms with van der Waals surface area (Å²) in [6, 6.07) is 11.0. The summed E-state index contributed by atoms with van der Waals surface area (Å²) in [6.07, 6.45) is 5.33. The Labute approximate surface area is 117 Å². The van der Waals surface area contributed by atoms with Gasteiger partial charge in [0.2, 0.25) is 0 Å². The maximum atomic E-state index is 11.1. The first kappa shape index (κ1) is 13.8. The summed E-state index contributed by atoms with van der Waals surface area (Å²) < 4.78 is 5.71. The van der Waals surface area contributed by atoms with Gasteiger partial charge in [-0.3, -0.25) is 0 Å². The lowest BCUT2D eigenvalue weighted by Gasteiger charge is -2.10. The molecule has 0 aliphatic heterocycles. The molecular formula is C16H15NO3. The van der Waals surface area contributed by atoms with E-state index in [1.54, 1.807) is 12.1 Å². The van der Waals surface area contributed by atoms with Gasteiger partial charge in [-0.25, -0.2) is 9.78 Å². The fourth-order valence-corrected chi connectivity index (χ4v) is 1.83. The summed E-state index contributed by atoms with van der Waals surface area (Å²) in [5.41, 5.74) is 1.53. The highest BCUT2D eigenvalue weighted by molar-refractivity contribution is 5.86. The molecule has 0 radical (unpaired) electrons. The van der Waals surface area contributed by atoms with Crippen molar-refractivity contribution >= 4 is 12.0 Å². The van der Waals surface area contributed by atoms with Crippen molar-refractivity contribution in [3.8, 4) is 5.75 Å². The van der Waals surface area contributed by atoms with Crippen LogP contribution in [0.3, 0.4) is 0 Å². The average molecular weight is 269 g/mol. The fourth-order valence-electron chi connectivity index (χ4n) is 1.83. The van der Waals surface area contributed by atoms with Crippen molar-refractivity contribution in [3.05, 3.63) is 65.5 Å². The van der Waals surface area contributed by atoms with Crippen LogP contribution >= 0.6 is 0 Å². The number of carboxylic acid groups (broad SMARTS) is 1. The number of aromatic carboxylic acids is 1. The third-order valence-corrected chi connectivity index (χ3v) is 2.74. The van der Waals surface area contributed by atoms with E-state index in [0.29, 0.717) is 11.3 Å². The Morgan fingerprint density at radius 2 is 2.10 bits per heavy atom. The first-order chi connectivity index (χ1) is 9.72. The summed E-state index contributed by atoms with van der Waals surface area (Å²) in [5.74, 6) is -0.336. The highest BCUT2D eigenvalue weighted by Crippen LogP contribution is 2.21. The van der Waals surface area contributed by atoms with Gasteiger partial charge in [0.1, 0.15) is 12.4 Å². The first-order valence-corrected chi connectivity index (χ1v) is 6.24. The van der Waals surface area contributed by atoms with Crippen LogP contribution in [-0.4, -0.2) is 16.1 Å². The van der Waals surface area contributed by atoms with Gasteiger partial charge in [0, 0.05) is 17.3 Å². The van der Waals surface area contributed by atoms with Gasteiger partial charge in [0.25, 0.3) is 0 Å². The van der Waals surface area contributed by atoms with Gasteiger partial charge in [0.15, 0.2) is 5.69 Å². The number of pyridine rings is 1. The van der Waals surface area contributed by atoms with E-state index in [9.17, 15) is 4.79 Å². The summed E-state index contributed by atoms with van der Waals surface area (Å²) >= 11 is 0. The second-order valence-corrected chi connectivity index (χ2v) is 4.14. The molecule has 0 saturated carbocycles. The molecule has 20 heavy (non-hydrogen) atoms. The van der Waals surface area contributed by atoms with Crippen molar-refractivity contribution in [3.63, 3.8) is 0 Å². The number of allylic oxidation sites excluding steroid dienone is 1. The van der Waals surface area contributed by atoms with Crippen LogP contribution in [0.2, 0.25) is 0 Å².